The highest BCUT2D eigenvalue weighted by atomic mass is 32.2. The summed E-state index contributed by atoms with van der Waals surface area (Å²) < 4.78 is 46.2. The van der Waals surface area contributed by atoms with E-state index in [0.717, 1.165) is 102 Å². The summed E-state index contributed by atoms with van der Waals surface area (Å²) in [6.45, 7) is -0.776. The van der Waals surface area contributed by atoms with Crippen molar-refractivity contribution in [2.45, 2.75) is 50.9 Å². The monoisotopic (exact) mass is 1090 g/mol. The molecule has 0 saturated heterocycles. The summed E-state index contributed by atoms with van der Waals surface area (Å²) in [5.74, 6) is 0.186. The Hall–Kier alpha value is -8.30. The molecule has 0 amide bonds. The minimum absolute atomic E-state index is 0.00250. The minimum Gasteiger partial charge on any atom is -0.494 e. The SMILES string of the molecule is N#C/C(c1nc2ccccc2s1)=c1\c2c(C3CCCCC3)n(B(c3ccccc3)c3ccccc3)/c(=C(/C#N)c3nc4ccccc4s3)c2c(-c2cccc(OCCCCS(=O)(=O)O)c2)n1B(c1ccccc1)c1ccccc1. The Bertz CT molecular complexity index is 4110. The van der Waals surface area contributed by atoms with E-state index in [-0.39, 0.29) is 24.7 Å². The molecule has 1 aliphatic rings. The van der Waals surface area contributed by atoms with Crippen molar-refractivity contribution >= 4 is 111 Å². The highest BCUT2D eigenvalue weighted by molar-refractivity contribution is 7.85. The van der Waals surface area contributed by atoms with E-state index in [0.29, 0.717) is 44.0 Å². The summed E-state index contributed by atoms with van der Waals surface area (Å²) in [4.78, 5) is 10.6. The van der Waals surface area contributed by atoms with Crippen LogP contribution in [0.25, 0.3) is 53.6 Å². The van der Waals surface area contributed by atoms with Gasteiger partial charge in [-0.2, -0.15) is 18.9 Å². The molecule has 1 aliphatic carbocycles. The molecule has 12 rings (SSSR count). The lowest BCUT2D eigenvalue weighted by Gasteiger charge is -2.29. The molecule has 0 radical (unpaired) electrons. The topological polar surface area (TPSA) is 147 Å². The maximum Gasteiger partial charge on any atom is 0.328 e. The first-order valence-corrected chi connectivity index (χ1v) is 30.0. The second kappa shape index (κ2) is 22.6. The van der Waals surface area contributed by atoms with Crippen LogP contribution in [-0.2, 0) is 10.1 Å². The van der Waals surface area contributed by atoms with Gasteiger partial charge in [0.15, 0.2) is 0 Å². The Balaban J connectivity index is 1.36. The molecule has 11 aromatic rings. The average Bonchev–Trinajstić information content (AvgIpc) is 3.08. The first-order chi connectivity index (χ1) is 38.8. The molecule has 79 heavy (non-hydrogen) atoms. The van der Waals surface area contributed by atoms with E-state index in [2.05, 4.69) is 136 Å². The number of thiazole rings is 2. The van der Waals surface area contributed by atoms with E-state index in [4.69, 9.17) is 14.7 Å². The van der Waals surface area contributed by atoms with Crippen LogP contribution >= 0.6 is 22.7 Å². The van der Waals surface area contributed by atoms with Gasteiger partial charge in [-0.3, -0.25) is 4.55 Å². The lowest BCUT2D eigenvalue weighted by Crippen LogP contribution is -2.55. The zero-order chi connectivity index (χ0) is 53.9. The van der Waals surface area contributed by atoms with Crippen molar-refractivity contribution in [2.24, 2.45) is 0 Å². The van der Waals surface area contributed by atoms with E-state index in [1.165, 1.54) is 22.7 Å². The van der Waals surface area contributed by atoms with Gasteiger partial charge < -0.3 is 13.7 Å². The molecule has 7 aromatic carbocycles. The zero-order valence-electron chi connectivity index (χ0n) is 43.2. The summed E-state index contributed by atoms with van der Waals surface area (Å²) in [6.07, 6.45) is 5.52. The molecule has 4 aromatic heterocycles. The van der Waals surface area contributed by atoms with Gasteiger partial charge >= 0.3 is 13.7 Å². The standard InChI is InChI=1S/C64H52B2N6O4S3/c67-42-51(63-69-53-35-16-18-37-55(53)77-63)61-57-58(60(45-25-22-34-50(41-45)76-39-20-21-40-79(73,74)75)72(61)66(48-30-12-4-13-31-48)49-32-14-5-15-33-49)62(52(43-68)64-70-54-36-17-19-38-56(54)78-64)71(59(57)44-23-6-1-7-24-44)65(46-26-8-2-9-27-46)47-28-10-3-11-29-47/h2-5,8-19,22,25-38,41,44H,1,6-7,20-21,23-24,39-40H2,(H,73,74,75)/b61-51-,62-52-. The molecule has 0 unspecified atom stereocenters. The number of benzene rings is 7. The third-order valence-corrected chi connectivity index (χ3v) is 18.0. The van der Waals surface area contributed by atoms with Gasteiger partial charge in [0.05, 0.1) is 43.5 Å². The molecule has 10 nitrogen and oxygen atoms in total. The van der Waals surface area contributed by atoms with E-state index in [1.54, 1.807) is 0 Å². The van der Waals surface area contributed by atoms with Gasteiger partial charge in [-0.1, -0.05) is 199 Å². The smallest absolute Gasteiger partial charge is 0.328 e. The Morgan fingerprint density at radius 1 is 0.582 bits per heavy atom. The highest BCUT2D eigenvalue weighted by Crippen LogP contribution is 2.41. The second-order valence-electron chi connectivity index (χ2n) is 20.0. The van der Waals surface area contributed by atoms with Crippen LogP contribution in [-0.4, -0.2) is 57.9 Å². The maximum atomic E-state index is 12.3. The van der Waals surface area contributed by atoms with Gasteiger partial charge in [0.1, 0.15) is 39.0 Å². The van der Waals surface area contributed by atoms with E-state index in [9.17, 15) is 23.5 Å². The van der Waals surface area contributed by atoms with Crippen LogP contribution in [0.4, 0.5) is 0 Å². The number of fused-ring (bicyclic) bond motifs is 3. The maximum absolute atomic E-state index is 12.3. The largest absolute Gasteiger partial charge is 0.494 e. The van der Waals surface area contributed by atoms with Crippen molar-refractivity contribution in [3.05, 3.63) is 221 Å². The van der Waals surface area contributed by atoms with Gasteiger partial charge in [-0.05, 0) is 68.0 Å². The van der Waals surface area contributed by atoms with Gasteiger partial charge in [-0.15, -0.1) is 22.7 Å². The fourth-order valence-electron chi connectivity index (χ4n) is 11.7. The fourth-order valence-corrected chi connectivity index (χ4v) is 14.2. The van der Waals surface area contributed by atoms with E-state index in [1.807, 2.05) is 78.9 Å². The van der Waals surface area contributed by atoms with Crippen molar-refractivity contribution in [2.75, 3.05) is 12.4 Å². The number of nitriles is 2. The van der Waals surface area contributed by atoms with Crippen LogP contribution in [0.1, 0.15) is 66.6 Å². The third-order valence-electron chi connectivity index (χ3n) is 15.1. The predicted molar refractivity (Wildman–Crippen MR) is 324 cm³/mol. The average molecular weight is 1090 g/mol. The molecular formula is C64H52B2N6O4S3. The van der Waals surface area contributed by atoms with Crippen LogP contribution in [0.5, 0.6) is 5.75 Å². The minimum atomic E-state index is -4.14. The molecule has 1 N–H and O–H groups in total. The molecule has 0 spiro atoms. The molecule has 1 fully saturated rings. The second-order valence-corrected chi connectivity index (χ2v) is 23.7. The number of nitrogens with zero attached hydrogens (tertiary/aromatic N) is 6. The van der Waals surface area contributed by atoms with Crippen LogP contribution in [0, 0.1) is 22.7 Å². The quantitative estimate of drug-likeness (QED) is 0.0572. The molecule has 1 saturated carbocycles. The number of rotatable bonds is 16. The van der Waals surface area contributed by atoms with Crippen LogP contribution < -0.4 is 37.3 Å². The molecule has 4 heterocycles. The summed E-state index contributed by atoms with van der Waals surface area (Å²) in [5.41, 5.74) is 9.05. The van der Waals surface area contributed by atoms with Crippen LogP contribution in [0.3, 0.4) is 0 Å². The van der Waals surface area contributed by atoms with Gasteiger partial charge in [-0.25, -0.2) is 9.97 Å². The number of ether oxygens (including phenoxy) is 1. The summed E-state index contributed by atoms with van der Waals surface area (Å²) >= 11 is 3.00. The van der Waals surface area contributed by atoms with Crippen molar-refractivity contribution in [1.29, 1.82) is 10.5 Å². The molecular weight excluding hydrogens is 1030 g/mol. The fraction of sp³-hybridized carbons (Fsp3) is 0.156. The molecule has 0 atom stereocenters. The summed E-state index contributed by atoms with van der Waals surface area (Å²) in [6, 6.07) is 71.6. The molecule has 15 heteroatoms. The van der Waals surface area contributed by atoms with Gasteiger partial charge in [0.25, 0.3) is 10.1 Å². The summed E-state index contributed by atoms with van der Waals surface area (Å²) in [7, 11) is -4.14. The van der Waals surface area contributed by atoms with Crippen molar-refractivity contribution < 1.29 is 17.7 Å². The molecule has 386 valence electrons. The number of para-hydroxylation sites is 2. The Morgan fingerprint density at radius 2 is 1.05 bits per heavy atom. The lowest BCUT2D eigenvalue weighted by atomic mass is 9.49. The molecule has 0 aliphatic heterocycles. The predicted octanol–water partition coefficient (Wildman–Crippen LogP) is 10.2. The first-order valence-electron chi connectivity index (χ1n) is 26.7. The van der Waals surface area contributed by atoms with E-state index < -0.39 is 23.8 Å². The summed E-state index contributed by atoms with van der Waals surface area (Å²) in [5, 5.41) is 28.8. The van der Waals surface area contributed by atoms with Crippen molar-refractivity contribution in [1.82, 2.24) is 18.9 Å². The van der Waals surface area contributed by atoms with Crippen LogP contribution in [0.15, 0.2) is 194 Å². The number of hydrogen-bond acceptors (Lipinski definition) is 9. The normalized spacial score (nSPS) is 13.8. The Kier molecular flexibility index (Phi) is 14.7. The van der Waals surface area contributed by atoms with Gasteiger partial charge in [0, 0.05) is 27.7 Å². The van der Waals surface area contributed by atoms with Crippen molar-refractivity contribution in [3.63, 3.8) is 0 Å². The van der Waals surface area contributed by atoms with Crippen LogP contribution in [0.2, 0.25) is 0 Å². The third kappa shape index (κ3) is 10.2. The molecule has 0 bridgehead atoms. The Labute approximate surface area is 467 Å². The number of unbranched alkanes of at least 4 members (excludes halogenated alkanes) is 1. The van der Waals surface area contributed by atoms with E-state index >= 15 is 0 Å². The Morgan fingerprint density at radius 3 is 1.53 bits per heavy atom. The lowest BCUT2D eigenvalue weighted by molar-refractivity contribution is 0.309. The zero-order valence-corrected chi connectivity index (χ0v) is 45.6. The van der Waals surface area contributed by atoms with Crippen molar-refractivity contribution in [3.8, 4) is 29.1 Å². The first kappa shape index (κ1) is 51.5. The highest BCUT2D eigenvalue weighted by Gasteiger charge is 2.39. The number of hydrogen-bond donors (Lipinski definition) is 1. The van der Waals surface area contributed by atoms with Gasteiger partial charge in [0.2, 0.25) is 0 Å². The number of aromatic nitrogens is 4.